The van der Waals surface area contributed by atoms with E-state index in [1.54, 1.807) is 27.7 Å². The molecule has 0 fully saturated rings. The molecular formula is C53H44F8N10O10. The molecule has 4 aromatic carbocycles. The summed E-state index contributed by atoms with van der Waals surface area (Å²) in [5, 5.41) is 44.6. The summed E-state index contributed by atoms with van der Waals surface area (Å²) in [6.45, 7) is 6.06. The Morgan fingerprint density at radius 3 is 1.25 bits per heavy atom. The van der Waals surface area contributed by atoms with Crippen LogP contribution in [0.3, 0.4) is 0 Å². The highest BCUT2D eigenvalue weighted by Gasteiger charge is 2.38. The summed E-state index contributed by atoms with van der Waals surface area (Å²) in [6.07, 6.45) is -2.35. The zero-order valence-corrected chi connectivity index (χ0v) is 42.8. The molecule has 0 aliphatic carbocycles. The van der Waals surface area contributed by atoms with Crippen LogP contribution in [0.15, 0.2) is 122 Å². The first-order chi connectivity index (χ1) is 38.2. The smallest absolute Gasteiger partial charge is 0.421 e. The number of pyridine rings is 2. The molecule has 8 aromatic rings. The Morgan fingerprint density at radius 2 is 0.926 bits per heavy atom. The van der Waals surface area contributed by atoms with Crippen LogP contribution in [-0.4, -0.2) is 98.2 Å². The van der Waals surface area contributed by atoms with Crippen LogP contribution in [0.4, 0.5) is 46.5 Å². The predicted octanol–water partition coefficient (Wildman–Crippen LogP) is 10.6. The number of rotatable bonds is 17. The Kier molecular flexibility index (Phi) is 17.6. The first-order valence-corrected chi connectivity index (χ1v) is 23.6. The first kappa shape index (κ1) is 58.7. The summed E-state index contributed by atoms with van der Waals surface area (Å²) < 4.78 is 129. The van der Waals surface area contributed by atoms with E-state index in [1.165, 1.54) is 80.4 Å². The number of halogens is 8. The normalized spacial score (nSPS) is 11.4. The van der Waals surface area contributed by atoms with E-state index in [9.17, 15) is 60.8 Å². The minimum absolute atomic E-state index is 0.0768. The molecule has 0 saturated carbocycles. The number of carbonyl (C=O) groups excluding carboxylic acids is 2. The molecule has 28 heteroatoms. The van der Waals surface area contributed by atoms with Crippen molar-refractivity contribution >= 4 is 35.1 Å². The Hall–Kier alpha value is -10.0. The molecule has 20 nitrogen and oxygen atoms in total. The molecule has 0 aliphatic rings. The van der Waals surface area contributed by atoms with Gasteiger partial charge in [0.25, 0.3) is 11.8 Å². The van der Waals surface area contributed by atoms with Crippen LogP contribution >= 0.6 is 0 Å². The molecule has 0 saturated heterocycles. The van der Waals surface area contributed by atoms with Gasteiger partial charge in [-0.1, -0.05) is 0 Å². The minimum atomic E-state index is -4.95. The second-order valence-electron chi connectivity index (χ2n) is 17.7. The summed E-state index contributed by atoms with van der Waals surface area (Å²) in [6, 6.07) is 14.1. The molecule has 3 N–H and O–H groups in total. The molecule has 4 heterocycles. The number of aromatic carboxylic acids is 2. The molecular weight excluding hydrogens is 1090 g/mol. The highest BCUT2D eigenvalue weighted by molar-refractivity contribution is 6.11. The van der Waals surface area contributed by atoms with Crippen LogP contribution < -0.4 is 24.0 Å². The number of hydrogen-bond donors (Lipinski definition) is 3. The Labute approximate surface area is 453 Å². The van der Waals surface area contributed by atoms with Gasteiger partial charge in [0.1, 0.15) is 22.6 Å². The van der Waals surface area contributed by atoms with Gasteiger partial charge in [0.15, 0.2) is 23.1 Å². The van der Waals surface area contributed by atoms with Gasteiger partial charge in [0.05, 0.1) is 67.5 Å². The average Bonchev–Trinajstić information content (AvgIpc) is 4.19. The molecule has 0 atom stereocenters. The monoisotopic (exact) mass is 1130 g/mol. The molecule has 81 heavy (non-hydrogen) atoms. The van der Waals surface area contributed by atoms with Crippen LogP contribution in [0.5, 0.6) is 34.8 Å². The van der Waals surface area contributed by atoms with Gasteiger partial charge in [-0.25, -0.2) is 28.3 Å². The van der Waals surface area contributed by atoms with Crippen LogP contribution in [0.2, 0.25) is 0 Å². The number of ether oxygens (including phenoxy) is 3. The fourth-order valence-corrected chi connectivity index (χ4v) is 7.76. The number of aromatic hydroxyl groups is 1. The Bertz CT molecular complexity index is 3570. The van der Waals surface area contributed by atoms with Crippen molar-refractivity contribution in [1.82, 2.24) is 40.0 Å². The summed E-state index contributed by atoms with van der Waals surface area (Å²) in [4.78, 5) is 62.6. The molecule has 0 bridgehead atoms. The number of carbonyl (C=O) groups is 4. The molecule has 8 rings (SSSR count). The summed E-state index contributed by atoms with van der Waals surface area (Å²) in [5.74, 6) is -10.2. The maximum Gasteiger partial charge on any atom is 0.421 e. The molecule has 0 radical (unpaired) electrons. The molecule has 0 unspecified atom stereocenters. The summed E-state index contributed by atoms with van der Waals surface area (Å²) in [5.41, 5.74) is -4.08. The fourth-order valence-electron chi connectivity index (χ4n) is 7.76. The highest BCUT2D eigenvalue weighted by atomic mass is 19.4. The predicted molar refractivity (Wildman–Crippen MR) is 269 cm³/mol. The van der Waals surface area contributed by atoms with E-state index < -0.39 is 105 Å². The third kappa shape index (κ3) is 14.0. The largest absolute Gasteiger partial charge is 0.508 e. The highest BCUT2D eigenvalue weighted by Crippen LogP contribution is 2.42. The van der Waals surface area contributed by atoms with Crippen molar-refractivity contribution < 1.29 is 83.8 Å². The van der Waals surface area contributed by atoms with Gasteiger partial charge in [-0.05, 0) is 99.5 Å². The quantitative estimate of drug-likeness (QED) is 0.0717. The number of phenols is 1. The number of aromatic nitrogens is 8. The maximum atomic E-state index is 15.3. The zero-order valence-electron chi connectivity index (χ0n) is 42.8. The number of carboxylic acids is 2. The number of alkyl halides is 6. The lowest BCUT2D eigenvalue weighted by Crippen LogP contribution is -2.38. The third-order valence-electron chi connectivity index (χ3n) is 11.4. The minimum Gasteiger partial charge on any atom is -0.508 e. The second-order valence-corrected chi connectivity index (χ2v) is 17.7. The fraction of sp³-hybridized carbons (Fsp3) is 0.208. The SMILES string of the molecule is CC(C)N(C(=O)c1ccc(O)cc1)c1cc(F)c(Oc2ncc(Cn3nccn3)cc2C(F)(F)F)cc1C(=O)O.COc1ccc(C(=O)N(c2cc(F)c(Oc3ncc(Cn4nccn4)cc3C(F)(F)F)cc2C(=O)O)C(C)C)cc1. The topological polar surface area (TPSA) is 250 Å². The Balaban J connectivity index is 0.000000234. The van der Waals surface area contributed by atoms with E-state index in [-0.39, 0.29) is 52.5 Å². The van der Waals surface area contributed by atoms with E-state index >= 15 is 8.78 Å². The maximum absolute atomic E-state index is 15.3. The van der Waals surface area contributed by atoms with Gasteiger partial charge in [0.2, 0.25) is 11.8 Å². The van der Waals surface area contributed by atoms with Gasteiger partial charge in [-0.3, -0.25) is 9.59 Å². The lowest BCUT2D eigenvalue weighted by atomic mass is 10.1. The van der Waals surface area contributed by atoms with E-state index in [0.29, 0.717) is 23.9 Å². The van der Waals surface area contributed by atoms with E-state index in [1.807, 2.05) is 0 Å². The Morgan fingerprint density at radius 1 is 0.568 bits per heavy atom. The summed E-state index contributed by atoms with van der Waals surface area (Å²) in [7, 11) is 1.45. The van der Waals surface area contributed by atoms with Crippen LogP contribution in [0.25, 0.3) is 0 Å². The number of benzene rings is 4. The van der Waals surface area contributed by atoms with Crippen molar-refractivity contribution in [2.45, 2.75) is 65.2 Å². The van der Waals surface area contributed by atoms with Crippen LogP contribution in [-0.2, 0) is 25.4 Å². The number of carboxylic acid groups (broad SMARTS) is 2. The van der Waals surface area contributed by atoms with Crippen LogP contribution in [0.1, 0.15) is 91.4 Å². The molecule has 422 valence electrons. The van der Waals surface area contributed by atoms with Crippen molar-refractivity contribution in [3.8, 4) is 34.8 Å². The second kappa shape index (κ2) is 24.3. The number of nitrogens with zero attached hydrogens (tertiary/aromatic N) is 10. The first-order valence-electron chi connectivity index (χ1n) is 23.6. The molecule has 0 spiro atoms. The van der Waals surface area contributed by atoms with E-state index in [4.69, 9.17) is 14.2 Å². The van der Waals surface area contributed by atoms with Crippen LogP contribution in [0, 0.1) is 11.6 Å². The standard InChI is InChI=1S/C27H23F4N5O5.C26H21F4N5O5/c1-15(2)36(25(37)17-4-6-18(40-3)7-5-17)22-12-21(28)23(11-19(22)26(38)39)41-24-20(27(29,30)31)10-16(13-32-24)14-35-33-8-9-34-35;1-14(2)35(24(37)16-3-5-17(36)6-4-16)21-11-20(27)22(10-18(21)25(38)39)40-23-19(26(28,29)30)9-15(12-31-23)13-34-32-7-8-33-34/h4-13,15H,14H2,1-3H3,(H,38,39);3-12,14,36H,13H2,1-2H3,(H,38,39). The lowest BCUT2D eigenvalue weighted by molar-refractivity contribution is -0.139. The van der Waals surface area contributed by atoms with Gasteiger partial charge in [-0.2, -0.15) is 56.3 Å². The zero-order chi connectivity index (χ0) is 59.1. The van der Waals surface area contributed by atoms with Gasteiger partial charge in [-0.15, -0.1) is 0 Å². The molecule has 2 amide bonds. The van der Waals surface area contributed by atoms with E-state index in [0.717, 1.165) is 50.0 Å². The van der Waals surface area contributed by atoms with Gasteiger partial charge >= 0.3 is 24.3 Å². The average molecular weight is 1130 g/mol. The number of anilines is 2. The number of amides is 2. The van der Waals surface area contributed by atoms with Gasteiger partial charge < -0.3 is 39.3 Å². The summed E-state index contributed by atoms with van der Waals surface area (Å²) >= 11 is 0. The van der Waals surface area contributed by atoms with Gasteiger partial charge in [0, 0.05) is 59.9 Å². The number of methoxy groups -OCH3 is 1. The number of phenolic OH excluding ortho intramolecular Hbond substituents is 1. The van der Waals surface area contributed by atoms with Crippen molar-refractivity contribution in [3.63, 3.8) is 0 Å². The van der Waals surface area contributed by atoms with E-state index in [2.05, 4.69) is 30.4 Å². The van der Waals surface area contributed by atoms with Crippen molar-refractivity contribution in [3.05, 3.63) is 178 Å². The van der Waals surface area contributed by atoms with Crippen molar-refractivity contribution in [2.24, 2.45) is 0 Å². The van der Waals surface area contributed by atoms with Crippen molar-refractivity contribution in [2.75, 3.05) is 16.9 Å². The van der Waals surface area contributed by atoms with Crippen molar-refractivity contribution in [1.29, 1.82) is 0 Å². The number of hydrogen-bond acceptors (Lipinski definition) is 14. The molecule has 0 aliphatic heterocycles. The molecule has 4 aromatic heterocycles. The third-order valence-corrected chi connectivity index (χ3v) is 11.4. The lowest BCUT2D eigenvalue weighted by Gasteiger charge is -2.29.